The average molecular weight is 288 g/mol. The molecule has 0 atom stereocenters. The molecular formula is C18H28N2O. The number of anilines is 2. The van der Waals surface area contributed by atoms with E-state index >= 15 is 0 Å². The van der Waals surface area contributed by atoms with E-state index in [4.69, 9.17) is 4.74 Å². The Bertz CT molecular complexity index is 414. The van der Waals surface area contributed by atoms with Crippen molar-refractivity contribution in [2.45, 2.75) is 45.4 Å². The lowest BCUT2D eigenvalue weighted by molar-refractivity contribution is 0.309. The van der Waals surface area contributed by atoms with Gasteiger partial charge in [-0.3, -0.25) is 0 Å². The second-order valence-corrected chi connectivity index (χ2v) is 6.28. The van der Waals surface area contributed by atoms with Gasteiger partial charge in [0, 0.05) is 49.7 Å². The molecule has 0 bridgehead atoms. The van der Waals surface area contributed by atoms with E-state index in [-0.39, 0.29) is 0 Å². The van der Waals surface area contributed by atoms with Gasteiger partial charge < -0.3 is 14.5 Å². The summed E-state index contributed by atoms with van der Waals surface area (Å²) in [6, 6.07) is 6.84. The van der Waals surface area contributed by atoms with Crippen molar-refractivity contribution in [1.82, 2.24) is 0 Å². The zero-order valence-electron chi connectivity index (χ0n) is 13.3. The van der Waals surface area contributed by atoms with Gasteiger partial charge >= 0.3 is 0 Å². The summed E-state index contributed by atoms with van der Waals surface area (Å²) in [6.07, 6.45) is 7.59. The van der Waals surface area contributed by atoms with E-state index in [2.05, 4.69) is 34.9 Å². The van der Waals surface area contributed by atoms with Crippen molar-refractivity contribution in [3.63, 3.8) is 0 Å². The Morgan fingerprint density at radius 3 is 1.86 bits per heavy atom. The van der Waals surface area contributed by atoms with Crippen LogP contribution >= 0.6 is 0 Å². The fourth-order valence-electron chi connectivity index (χ4n) is 3.30. The maximum absolute atomic E-state index is 5.99. The molecule has 21 heavy (non-hydrogen) atoms. The van der Waals surface area contributed by atoms with Crippen LogP contribution in [0.1, 0.15) is 45.4 Å². The van der Waals surface area contributed by atoms with Crippen LogP contribution in [-0.2, 0) is 0 Å². The minimum Gasteiger partial charge on any atom is -0.493 e. The fourth-order valence-corrected chi connectivity index (χ4v) is 3.30. The van der Waals surface area contributed by atoms with Crippen LogP contribution < -0.4 is 14.5 Å². The summed E-state index contributed by atoms with van der Waals surface area (Å²) in [5, 5.41) is 0. The summed E-state index contributed by atoms with van der Waals surface area (Å²) in [7, 11) is 0. The topological polar surface area (TPSA) is 15.7 Å². The number of unbranched alkanes of at least 4 members (excludes halogenated alkanes) is 1. The Hall–Kier alpha value is -1.38. The van der Waals surface area contributed by atoms with Gasteiger partial charge in [-0.15, -0.1) is 0 Å². The van der Waals surface area contributed by atoms with Gasteiger partial charge in [0.2, 0.25) is 0 Å². The van der Waals surface area contributed by atoms with Crippen molar-refractivity contribution in [3.05, 3.63) is 18.2 Å². The molecule has 2 aliphatic rings. The van der Waals surface area contributed by atoms with Crippen molar-refractivity contribution in [1.29, 1.82) is 0 Å². The lowest BCUT2D eigenvalue weighted by Crippen LogP contribution is -2.21. The molecule has 3 rings (SSSR count). The molecule has 2 saturated heterocycles. The van der Waals surface area contributed by atoms with Gasteiger partial charge in [-0.05, 0) is 38.2 Å². The van der Waals surface area contributed by atoms with Crippen molar-refractivity contribution < 1.29 is 4.74 Å². The number of benzene rings is 1. The standard InChI is InChI=1S/C18H28N2O/c1-2-3-12-21-18-14-16(19-8-4-5-9-19)13-17(15-18)20-10-6-7-11-20/h13-15H,2-12H2,1H3. The normalized spacial score (nSPS) is 18.5. The summed E-state index contributed by atoms with van der Waals surface area (Å²) < 4.78 is 5.99. The summed E-state index contributed by atoms with van der Waals surface area (Å²) in [5.74, 6) is 1.05. The molecule has 0 spiro atoms. The van der Waals surface area contributed by atoms with Crippen molar-refractivity contribution >= 4 is 11.4 Å². The van der Waals surface area contributed by atoms with E-state index in [1.54, 1.807) is 0 Å². The average Bonchev–Trinajstić information content (AvgIpc) is 3.21. The zero-order valence-corrected chi connectivity index (χ0v) is 13.3. The number of rotatable bonds is 6. The Kier molecular flexibility index (Phi) is 4.89. The molecule has 1 aromatic carbocycles. The smallest absolute Gasteiger partial charge is 0.123 e. The van der Waals surface area contributed by atoms with E-state index in [0.29, 0.717) is 0 Å². The predicted molar refractivity (Wildman–Crippen MR) is 89.7 cm³/mol. The van der Waals surface area contributed by atoms with Crippen LogP contribution in [0.4, 0.5) is 11.4 Å². The maximum Gasteiger partial charge on any atom is 0.123 e. The molecule has 3 nitrogen and oxygen atoms in total. The predicted octanol–water partition coefficient (Wildman–Crippen LogP) is 4.07. The van der Waals surface area contributed by atoms with Crippen molar-refractivity contribution in [2.24, 2.45) is 0 Å². The van der Waals surface area contributed by atoms with E-state index in [1.165, 1.54) is 69.7 Å². The molecule has 1 aromatic rings. The lowest BCUT2D eigenvalue weighted by Gasteiger charge is -2.24. The van der Waals surface area contributed by atoms with Gasteiger partial charge in [-0.1, -0.05) is 13.3 Å². The van der Waals surface area contributed by atoms with Crippen LogP contribution in [0.25, 0.3) is 0 Å². The van der Waals surface area contributed by atoms with E-state index in [9.17, 15) is 0 Å². The summed E-state index contributed by atoms with van der Waals surface area (Å²) in [4.78, 5) is 5.01. The molecule has 0 aliphatic carbocycles. The third-order valence-electron chi connectivity index (χ3n) is 4.59. The van der Waals surface area contributed by atoms with E-state index < -0.39 is 0 Å². The minimum absolute atomic E-state index is 0.833. The number of hydrogen-bond donors (Lipinski definition) is 0. The first-order valence-electron chi connectivity index (χ1n) is 8.64. The van der Waals surface area contributed by atoms with Gasteiger partial charge in [0.05, 0.1) is 6.61 Å². The maximum atomic E-state index is 5.99. The van der Waals surface area contributed by atoms with E-state index in [1.807, 2.05) is 0 Å². The quantitative estimate of drug-likeness (QED) is 0.734. The molecular weight excluding hydrogens is 260 g/mol. The Labute approximate surface area is 128 Å². The molecule has 3 heteroatoms. The number of nitrogens with zero attached hydrogens (tertiary/aromatic N) is 2. The third kappa shape index (κ3) is 3.63. The van der Waals surface area contributed by atoms with Gasteiger partial charge in [-0.2, -0.15) is 0 Å². The zero-order chi connectivity index (χ0) is 14.5. The molecule has 0 saturated carbocycles. The van der Waals surface area contributed by atoms with Crippen LogP contribution in [0.15, 0.2) is 18.2 Å². The lowest BCUT2D eigenvalue weighted by atomic mass is 10.2. The molecule has 116 valence electrons. The van der Waals surface area contributed by atoms with Gasteiger partial charge in [0.25, 0.3) is 0 Å². The molecule has 2 aliphatic heterocycles. The Morgan fingerprint density at radius 2 is 1.38 bits per heavy atom. The fraction of sp³-hybridized carbons (Fsp3) is 0.667. The Balaban J connectivity index is 1.80. The Morgan fingerprint density at radius 1 is 0.857 bits per heavy atom. The number of hydrogen-bond acceptors (Lipinski definition) is 3. The molecule has 0 unspecified atom stereocenters. The molecule has 0 aromatic heterocycles. The van der Waals surface area contributed by atoms with Gasteiger partial charge in [-0.25, -0.2) is 0 Å². The molecule has 0 N–H and O–H groups in total. The van der Waals surface area contributed by atoms with Crippen LogP contribution in [0, 0.1) is 0 Å². The van der Waals surface area contributed by atoms with Crippen molar-refractivity contribution in [3.8, 4) is 5.75 Å². The van der Waals surface area contributed by atoms with Crippen LogP contribution in [-0.4, -0.2) is 32.8 Å². The summed E-state index contributed by atoms with van der Waals surface area (Å²) in [6.45, 7) is 7.81. The highest BCUT2D eigenvalue weighted by Crippen LogP contribution is 2.32. The van der Waals surface area contributed by atoms with E-state index in [0.717, 1.165) is 18.8 Å². The highest BCUT2D eigenvalue weighted by molar-refractivity contribution is 5.64. The number of ether oxygens (including phenoxy) is 1. The second kappa shape index (κ2) is 7.06. The first-order chi connectivity index (χ1) is 10.4. The van der Waals surface area contributed by atoms with Gasteiger partial charge in [0.1, 0.15) is 5.75 Å². The second-order valence-electron chi connectivity index (χ2n) is 6.28. The van der Waals surface area contributed by atoms with Crippen LogP contribution in [0.2, 0.25) is 0 Å². The highest BCUT2D eigenvalue weighted by atomic mass is 16.5. The summed E-state index contributed by atoms with van der Waals surface area (Å²) in [5.41, 5.74) is 2.70. The first kappa shape index (κ1) is 14.6. The van der Waals surface area contributed by atoms with Crippen LogP contribution in [0.5, 0.6) is 5.75 Å². The van der Waals surface area contributed by atoms with Gasteiger partial charge in [0.15, 0.2) is 0 Å². The SMILES string of the molecule is CCCCOc1cc(N2CCCC2)cc(N2CCCC2)c1. The largest absolute Gasteiger partial charge is 0.493 e. The first-order valence-corrected chi connectivity index (χ1v) is 8.64. The molecule has 2 heterocycles. The summed E-state index contributed by atoms with van der Waals surface area (Å²) >= 11 is 0. The van der Waals surface area contributed by atoms with Crippen molar-refractivity contribution in [2.75, 3.05) is 42.6 Å². The molecule has 0 amide bonds. The monoisotopic (exact) mass is 288 g/mol. The highest BCUT2D eigenvalue weighted by Gasteiger charge is 2.18. The minimum atomic E-state index is 0.833. The third-order valence-corrected chi connectivity index (χ3v) is 4.59. The molecule has 0 radical (unpaired) electrons. The molecule has 2 fully saturated rings. The van der Waals surface area contributed by atoms with Crippen LogP contribution in [0.3, 0.4) is 0 Å².